The van der Waals surface area contributed by atoms with E-state index in [9.17, 15) is 14.4 Å². The summed E-state index contributed by atoms with van der Waals surface area (Å²) in [6, 6.07) is -1.26. The average molecular weight is 290 g/mol. The maximum absolute atomic E-state index is 11.2. The molecule has 0 aliphatic heterocycles. The lowest BCUT2D eigenvalue weighted by Crippen LogP contribution is -2.64. The van der Waals surface area contributed by atoms with Gasteiger partial charge in [-0.25, -0.2) is 4.79 Å². The molecule has 0 aliphatic rings. The molecule has 0 aromatic heterocycles. The van der Waals surface area contributed by atoms with Gasteiger partial charge in [0, 0.05) is 6.42 Å². The number of rotatable bonds is 11. The third-order valence-corrected chi connectivity index (χ3v) is 2.82. The van der Waals surface area contributed by atoms with Gasteiger partial charge in [-0.1, -0.05) is 0 Å². The Bertz CT molecular complexity index is 363. The van der Waals surface area contributed by atoms with Crippen molar-refractivity contribution in [3.8, 4) is 0 Å². The van der Waals surface area contributed by atoms with Crippen molar-refractivity contribution >= 4 is 17.8 Å². The molecule has 9 N–H and O–H groups in total. The predicted molar refractivity (Wildman–Crippen MR) is 70.4 cm³/mol. The van der Waals surface area contributed by atoms with Crippen molar-refractivity contribution in [2.75, 3.05) is 6.54 Å². The summed E-state index contributed by atoms with van der Waals surface area (Å²) in [5, 5.41) is 20.5. The Morgan fingerprint density at radius 3 is 2.20 bits per heavy atom. The number of carbonyl (C=O) groups is 3. The molecule has 1 amide bonds. The van der Waals surface area contributed by atoms with Crippen molar-refractivity contribution in [1.82, 2.24) is 5.32 Å². The molecule has 0 aromatic carbocycles. The Hall–Kier alpha value is -1.71. The number of primary amides is 1. The summed E-state index contributed by atoms with van der Waals surface area (Å²) in [6.07, 6.45) is 0.734. The van der Waals surface area contributed by atoms with E-state index in [1.807, 2.05) is 0 Å². The first kappa shape index (κ1) is 18.3. The first-order valence-electron chi connectivity index (χ1n) is 6.24. The van der Waals surface area contributed by atoms with Crippen molar-refractivity contribution in [3.63, 3.8) is 0 Å². The zero-order valence-electron chi connectivity index (χ0n) is 11.2. The van der Waals surface area contributed by atoms with Gasteiger partial charge >= 0.3 is 11.9 Å². The van der Waals surface area contributed by atoms with E-state index in [1.54, 1.807) is 0 Å². The molecule has 9 heteroatoms. The summed E-state index contributed by atoms with van der Waals surface area (Å²) in [6.45, 7) is 0.389. The van der Waals surface area contributed by atoms with Crippen molar-refractivity contribution < 1.29 is 24.6 Å². The van der Waals surface area contributed by atoms with Crippen LogP contribution >= 0.6 is 0 Å². The van der Waals surface area contributed by atoms with Gasteiger partial charge in [0.25, 0.3) is 0 Å². The van der Waals surface area contributed by atoms with Crippen LogP contribution in [0.2, 0.25) is 0 Å². The van der Waals surface area contributed by atoms with Crippen LogP contribution in [0.5, 0.6) is 0 Å². The van der Waals surface area contributed by atoms with Crippen LogP contribution in [0.1, 0.15) is 32.1 Å². The number of nitrogens with two attached hydrogens (primary N) is 3. The first-order valence-corrected chi connectivity index (χ1v) is 6.24. The molecule has 20 heavy (non-hydrogen) atoms. The van der Waals surface area contributed by atoms with E-state index in [1.165, 1.54) is 0 Å². The van der Waals surface area contributed by atoms with Crippen LogP contribution in [0.3, 0.4) is 0 Å². The molecule has 9 nitrogen and oxygen atoms in total. The van der Waals surface area contributed by atoms with E-state index >= 15 is 0 Å². The normalized spacial score (nSPS) is 15.3. The Morgan fingerprint density at radius 1 is 1.20 bits per heavy atom. The van der Waals surface area contributed by atoms with Gasteiger partial charge in [0.1, 0.15) is 6.04 Å². The van der Waals surface area contributed by atoms with Gasteiger partial charge in [0.2, 0.25) is 5.91 Å². The molecule has 0 unspecified atom stereocenters. The van der Waals surface area contributed by atoms with E-state index in [0.29, 0.717) is 19.4 Å². The highest BCUT2D eigenvalue weighted by Gasteiger charge is 2.37. The molecule has 0 heterocycles. The molecule has 0 saturated carbocycles. The van der Waals surface area contributed by atoms with Crippen LogP contribution in [0, 0.1) is 0 Å². The second-order valence-electron chi connectivity index (χ2n) is 4.56. The minimum absolute atomic E-state index is 0.0277. The molecule has 0 saturated heterocycles. The Balaban J connectivity index is 4.76. The molecule has 0 aliphatic carbocycles. The van der Waals surface area contributed by atoms with E-state index in [-0.39, 0.29) is 19.3 Å². The maximum atomic E-state index is 11.2. The molecule has 0 aromatic rings. The number of nitrogens with one attached hydrogen (secondary N) is 1. The molecule has 116 valence electrons. The molecule has 0 rings (SSSR count). The fourth-order valence-electron chi connectivity index (χ4n) is 1.64. The highest BCUT2D eigenvalue weighted by atomic mass is 16.4. The minimum atomic E-state index is -1.88. The van der Waals surface area contributed by atoms with Crippen LogP contribution in [0.4, 0.5) is 0 Å². The average Bonchev–Trinajstić information content (AvgIpc) is 2.34. The summed E-state index contributed by atoms with van der Waals surface area (Å²) in [7, 11) is 0. The summed E-state index contributed by atoms with van der Waals surface area (Å²) in [4.78, 5) is 32.9. The standard InChI is InChI=1S/C11H22N4O5/c12-6-2-1-5-11(14,10(19)20)15-7(9(17)18)3-4-8(13)16/h7,15H,1-6,12,14H2,(H2,13,16)(H,17,18)(H,19,20)/t7-,11+/m0/s1. The van der Waals surface area contributed by atoms with E-state index in [2.05, 4.69) is 5.32 Å². The van der Waals surface area contributed by atoms with Crippen LogP contribution in [-0.2, 0) is 14.4 Å². The molecule has 0 spiro atoms. The van der Waals surface area contributed by atoms with Gasteiger partial charge in [-0.2, -0.15) is 0 Å². The predicted octanol–water partition coefficient (Wildman–Crippen LogP) is -1.84. The van der Waals surface area contributed by atoms with Crippen LogP contribution in [0.15, 0.2) is 0 Å². The number of aliphatic carboxylic acids is 2. The van der Waals surface area contributed by atoms with Crippen LogP contribution in [-0.4, -0.2) is 46.3 Å². The van der Waals surface area contributed by atoms with Gasteiger partial charge < -0.3 is 27.4 Å². The quantitative estimate of drug-likeness (QED) is 0.189. The molecule has 0 radical (unpaired) electrons. The van der Waals surface area contributed by atoms with E-state index < -0.39 is 29.6 Å². The Kier molecular flexibility index (Phi) is 7.74. The number of hydrogen-bond donors (Lipinski definition) is 6. The molecule has 2 atom stereocenters. The highest BCUT2D eigenvalue weighted by molar-refractivity contribution is 5.81. The Labute approximate surface area is 116 Å². The number of carboxylic acids is 2. The van der Waals surface area contributed by atoms with Crippen molar-refractivity contribution in [3.05, 3.63) is 0 Å². The summed E-state index contributed by atoms with van der Waals surface area (Å²) in [5.41, 5.74) is 14.1. The fraction of sp³-hybridized carbons (Fsp3) is 0.727. The smallest absolute Gasteiger partial charge is 0.338 e. The lowest BCUT2D eigenvalue weighted by molar-refractivity contribution is -0.147. The maximum Gasteiger partial charge on any atom is 0.338 e. The molecule has 0 bridgehead atoms. The number of amides is 1. The SMILES string of the molecule is NCCCC[C@@](N)(N[C@@H](CCC(N)=O)C(=O)O)C(=O)O. The van der Waals surface area contributed by atoms with E-state index in [0.717, 1.165) is 0 Å². The first-order chi connectivity index (χ1) is 9.23. The summed E-state index contributed by atoms with van der Waals surface area (Å²) < 4.78 is 0. The second kappa shape index (κ2) is 8.46. The second-order valence-corrected chi connectivity index (χ2v) is 4.56. The number of carbonyl (C=O) groups excluding carboxylic acids is 1. The van der Waals surface area contributed by atoms with Gasteiger partial charge in [-0.3, -0.25) is 14.9 Å². The van der Waals surface area contributed by atoms with Gasteiger partial charge in [0.05, 0.1) is 0 Å². The zero-order chi connectivity index (χ0) is 15.8. The summed E-state index contributed by atoms with van der Waals surface area (Å²) >= 11 is 0. The lowest BCUT2D eigenvalue weighted by atomic mass is 10.0. The fourth-order valence-corrected chi connectivity index (χ4v) is 1.64. The van der Waals surface area contributed by atoms with E-state index in [4.69, 9.17) is 27.4 Å². The van der Waals surface area contributed by atoms with Gasteiger partial charge in [-0.15, -0.1) is 0 Å². The third kappa shape index (κ3) is 6.45. The van der Waals surface area contributed by atoms with Crippen molar-refractivity contribution in [2.45, 2.75) is 43.8 Å². The van der Waals surface area contributed by atoms with Crippen molar-refractivity contribution in [2.24, 2.45) is 17.2 Å². The lowest BCUT2D eigenvalue weighted by Gasteiger charge is -2.29. The molecular formula is C11H22N4O5. The largest absolute Gasteiger partial charge is 0.480 e. The molecular weight excluding hydrogens is 268 g/mol. The Morgan fingerprint density at radius 2 is 1.80 bits per heavy atom. The van der Waals surface area contributed by atoms with Gasteiger partial charge in [-0.05, 0) is 32.2 Å². The zero-order valence-corrected chi connectivity index (χ0v) is 11.2. The molecule has 0 fully saturated rings. The number of carboxylic acid groups (broad SMARTS) is 2. The topological polar surface area (TPSA) is 182 Å². The monoisotopic (exact) mass is 290 g/mol. The van der Waals surface area contributed by atoms with Crippen molar-refractivity contribution in [1.29, 1.82) is 0 Å². The highest BCUT2D eigenvalue weighted by Crippen LogP contribution is 2.12. The minimum Gasteiger partial charge on any atom is -0.480 e. The van der Waals surface area contributed by atoms with Gasteiger partial charge in [0.15, 0.2) is 5.66 Å². The summed E-state index contributed by atoms with van der Waals surface area (Å²) in [5.74, 6) is -3.32. The third-order valence-electron chi connectivity index (χ3n) is 2.82. The number of unbranched alkanes of at least 4 members (excludes halogenated alkanes) is 1. The van der Waals surface area contributed by atoms with Crippen LogP contribution < -0.4 is 22.5 Å². The number of hydrogen-bond acceptors (Lipinski definition) is 6. The van der Waals surface area contributed by atoms with Crippen LogP contribution in [0.25, 0.3) is 0 Å².